The number of carbonyl (C=O) groups is 1. The van der Waals surface area contributed by atoms with Gasteiger partial charge in [0, 0.05) is 37.0 Å². The summed E-state index contributed by atoms with van der Waals surface area (Å²) >= 11 is 0. The molecule has 15 heteroatoms. The van der Waals surface area contributed by atoms with Gasteiger partial charge in [-0.25, -0.2) is 22.5 Å². The highest BCUT2D eigenvalue weighted by atomic mass is 19.4. The number of hydrogen-bond donors (Lipinski definition) is 3. The molecule has 4 rings (SSSR count). The highest BCUT2D eigenvalue weighted by molar-refractivity contribution is 5.97. The number of β-amino-alcohol motifs (C(OH)–C–C–N with tert-alkyl or cyclic N) is 2. The number of aliphatic hydroxyl groups excluding tert-OH is 2. The molecule has 1 unspecified atom stereocenters. The Morgan fingerprint density at radius 2 is 1.59 bits per heavy atom. The minimum absolute atomic E-state index is 0.283. The lowest BCUT2D eigenvalue weighted by molar-refractivity contribution is -0.146. The zero-order valence-electron chi connectivity index (χ0n) is 20.3. The monoisotopic (exact) mass is 562 g/mol. The van der Waals surface area contributed by atoms with E-state index in [-0.39, 0.29) is 13.1 Å². The molecular weight excluding hydrogens is 541 g/mol. The topological polar surface area (TPSA) is 108 Å². The highest BCUT2D eigenvalue weighted by Crippen LogP contribution is 2.30. The van der Waals surface area contributed by atoms with Crippen LogP contribution in [-0.2, 0) is 0 Å². The number of nitrogens with one attached hydrogen (secondary N) is 1. The molecule has 1 aliphatic heterocycles. The van der Waals surface area contributed by atoms with Crippen molar-refractivity contribution in [3.63, 3.8) is 0 Å². The van der Waals surface area contributed by atoms with Crippen molar-refractivity contribution < 1.29 is 45.7 Å². The molecular formula is C24H21F7N4O4. The van der Waals surface area contributed by atoms with Gasteiger partial charge in [-0.05, 0) is 19.9 Å². The van der Waals surface area contributed by atoms with Gasteiger partial charge in [0.1, 0.15) is 17.1 Å². The van der Waals surface area contributed by atoms with Gasteiger partial charge in [-0.1, -0.05) is 0 Å². The number of nitrogens with zero attached hydrogens (tertiary/aromatic N) is 3. The smallest absolute Gasteiger partial charge is 0.389 e. The van der Waals surface area contributed by atoms with Gasteiger partial charge in [0.05, 0.1) is 24.0 Å². The summed E-state index contributed by atoms with van der Waals surface area (Å²) in [4.78, 5) is 31.2. The largest absolute Gasteiger partial charge is 0.391 e. The number of fused-ring (bicyclic) bond motifs is 1. The van der Waals surface area contributed by atoms with Crippen LogP contribution in [0.4, 0.5) is 36.6 Å². The van der Waals surface area contributed by atoms with Crippen molar-refractivity contribution in [3.05, 3.63) is 63.5 Å². The van der Waals surface area contributed by atoms with E-state index in [9.17, 15) is 46.1 Å². The molecule has 1 saturated heterocycles. The Kier molecular flexibility index (Phi) is 7.10. The van der Waals surface area contributed by atoms with Crippen LogP contribution in [0.25, 0.3) is 16.7 Å². The predicted octanol–water partition coefficient (Wildman–Crippen LogP) is 2.94. The Morgan fingerprint density at radius 3 is 2.13 bits per heavy atom. The Hall–Kier alpha value is -3.72. The van der Waals surface area contributed by atoms with Crippen LogP contribution in [0.5, 0.6) is 0 Å². The molecule has 210 valence electrons. The summed E-state index contributed by atoms with van der Waals surface area (Å²) in [5.41, 5.74) is -5.65. The van der Waals surface area contributed by atoms with Crippen molar-refractivity contribution in [1.82, 2.24) is 14.9 Å². The fourth-order valence-electron chi connectivity index (χ4n) is 4.40. The zero-order valence-corrected chi connectivity index (χ0v) is 20.3. The molecule has 1 amide bonds. The number of carbonyl (C=O) groups excluding carboxylic acids is 1. The minimum Gasteiger partial charge on any atom is -0.389 e. The van der Waals surface area contributed by atoms with Crippen LogP contribution in [0.3, 0.4) is 0 Å². The van der Waals surface area contributed by atoms with E-state index in [0.717, 1.165) is 18.7 Å². The molecule has 39 heavy (non-hydrogen) atoms. The van der Waals surface area contributed by atoms with Gasteiger partial charge >= 0.3 is 6.18 Å². The van der Waals surface area contributed by atoms with Gasteiger partial charge in [0.25, 0.3) is 5.91 Å². The lowest BCUT2D eigenvalue weighted by atomic mass is 9.99. The first kappa shape index (κ1) is 28.3. The Bertz CT molecular complexity index is 1490. The number of amides is 1. The number of pyridine rings is 2. The number of rotatable bonds is 5. The number of aliphatic hydroxyl groups is 2. The molecule has 3 N–H and O–H groups in total. The summed E-state index contributed by atoms with van der Waals surface area (Å²) in [6.07, 6.45) is -8.13. The van der Waals surface area contributed by atoms with Crippen molar-refractivity contribution >= 4 is 22.8 Å². The second kappa shape index (κ2) is 9.79. The summed E-state index contributed by atoms with van der Waals surface area (Å²) < 4.78 is 97.7. The number of alkyl halides is 3. The van der Waals surface area contributed by atoms with Crippen molar-refractivity contribution in [3.8, 4) is 5.69 Å². The minimum atomic E-state index is -4.69. The van der Waals surface area contributed by atoms with Crippen LogP contribution in [0, 0.1) is 23.3 Å². The molecule has 0 aliphatic carbocycles. The number of hydrogen-bond acceptors (Lipinski definition) is 6. The van der Waals surface area contributed by atoms with E-state index >= 15 is 4.39 Å². The average molecular weight is 562 g/mol. The molecule has 1 fully saturated rings. The first-order valence-electron chi connectivity index (χ1n) is 11.4. The molecule has 2 atom stereocenters. The third kappa shape index (κ3) is 5.68. The quantitative estimate of drug-likeness (QED) is 0.413. The van der Waals surface area contributed by atoms with Crippen LogP contribution < -0.4 is 15.6 Å². The molecule has 8 nitrogen and oxygen atoms in total. The molecule has 1 aromatic carbocycles. The number of halogens is 7. The van der Waals surface area contributed by atoms with Gasteiger partial charge in [-0.15, -0.1) is 0 Å². The Balaban J connectivity index is 1.96. The summed E-state index contributed by atoms with van der Waals surface area (Å²) in [5, 5.41) is 21.0. The number of anilines is 1. The van der Waals surface area contributed by atoms with Crippen molar-refractivity contribution in [2.45, 2.75) is 44.2 Å². The van der Waals surface area contributed by atoms with E-state index in [4.69, 9.17) is 0 Å². The molecule has 3 aromatic rings. The van der Waals surface area contributed by atoms with Crippen LogP contribution in [0.1, 0.15) is 30.6 Å². The maximum absolute atomic E-state index is 15.1. The fraction of sp³-hybridized carbons (Fsp3) is 0.375. The number of benzene rings is 1. The van der Waals surface area contributed by atoms with Crippen LogP contribution in [0.15, 0.2) is 29.2 Å². The van der Waals surface area contributed by atoms with Crippen LogP contribution in [0.2, 0.25) is 0 Å². The second-order valence-corrected chi connectivity index (χ2v) is 9.79. The zero-order chi connectivity index (χ0) is 29.0. The molecule has 0 saturated carbocycles. The van der Waals surface area contributed by atoms with E-state index < -0.39 is 93.1 Å². The average Bonchev–Trinajstić information content (AvgIpc) is 3.10. The van der Waals surface area contributed by atoms with Gasteiger partial charge in [-0.2, -0.15) is 13.2 Å². The first-order valence-corrected chi connectivity index (χ1v) is 11.4. The standard InChI is InChI=1S/C24H21F7N4O4/c1-23(2,9-24(29,30)31)33-22(39)12-6-35(18-13(26)3-10(25)4-14(18)27)20-11(19(12)38)5-15(28)21(32-20)34-7-16(36)17(37)8-34/h3-6,16-17,36-37H,7-9H2,1-2H3,(H,33,39)/t16-,17?/m0/s1. The summed E-state index contributed by atoms with van der Waals surface area (Å²) in [6, 6.07) is 1.20. The van der Waals surface area contributed by atoms with Gasteiger partial charge in [-0.3, -0.25) is 14.2 Å². The lowest BCUT2D eigenvalue weighted by Gasteiger charge is -2.27. The van der Waals surface area contributed by atoms with Gasteiger partial charge in [0.2, 0.25) is 5.43 Å². The molecule has 3 heterocycles. The SMILES string of the molecule is CC(C)(CC(F)(F)F)NC(=O)c1cn(-c2c(F)cc(F)cc2F)c2nc(N3CC(O)[C@@H](O)C3)c(F)cc2c1=O. The van der Waals surface area contributed by atoms with Crippen molar-refractivity contribution in [2.75, 3.05) is 18.0 Å². The van der Waals surface area contributed by atoms with Crippen molar-refractivity contribution in [2.24, 2.45) is 0 Å². The molecule has 1 aliphatic rings. The second-order valence-electron chi connectivity index (χ2n) is 9.79. The van der Waals surface area contributed by atoms with Crippen molar-refractivity contribution in [1.29, 1.82) is 0 Å². The fourth-order valence-corrected chi connectivity index (χ4v) is 4.40. The van der Waals surface area contributed by atoms with Crippen LogP contribution >= 0.6 is 0 Å². The van der Waals surface area contributed by atoms with E-state index in [1.165, 1.54) is 0 Å². The maximum Gasteiger partial charge on any atom is 0.391 e. The molecule has 0 radical (unpaired) electrons. The maximum atomic E-state index is 15.1. The summed E-state index contributed by atoms with van der Waals surface area (Å²) in [7, 11) is 0. The van der Waals surface area contributed by atoms with E-state index in [2.05, 4.69) is 4.98 Å². The predicted molar refractivity (Wildman–Crippen MR) is 124 cm³/mol. The Morgan fingerprint density at radius 1 is 1.03 bits per heavy atom. The van der Waals surface area contributed by atoms with Gasteiger partial charge < -0.3 is 20.4 Å². The third-order valence-electron chi connectivity index (χ3n) is 6.03. The molecule has 0 spiro atoms. The highest BCUT2D eigenvalue weighted by Gasteiger charge is 2.38. The molecule has 0 bridgehead atoms. The van der Waals surface area contributed by atoms with E-state index in [1.54, 1.807) is 0 Å². The summed E-state index contributed by atoms with van der Waals surface area (Å²) in [5.74, 6) is -7.34. The van der Waals surface area contributed by atoms with E-state index in [0.29, 0.717) is 29.0 Å². The summed E-state index contributed by atoms with van der Waals surface area (Å²) in [6.45, 7) is 1.50. The van der Waals surface area contributed by atoms with Gasteiger partial charge in [0.15, 0.2) is 28.9 Å². The lowest BCUT2D eigenvalue weighted by Crippen LogP contribution is -2.47. The Labute approximate surface area is 215 Å². The first-order chi connectivity index (χ1) is 18.0. The van der Waals surface area contributed by atoms with E-state index in [1.807, 2.05) is 5.32 Å². The number of aromatic nitrogens is 2. The third-order valence-corrected chi connectivity index (χ3v) is 6.03. The normalized spacial score (nSPS) is 18.2. The molecule has 2 aromatic heterocycles. The van der Waals surface area contributed by atoms with Crippen LogP contribution in [-0.4, -0.2) is 62.7 Å².